The minimum absolute atomic E-state index is 0.487. The average molecular weight is 457 g/mol. The predicted octanol–water partition coefficient (Wildman–Crippen LogP) is -3.11. The molecule has 11 atom stereocenters. The molecule has 0 aliphatic carbocycles. The predicted molar refractivity (Wildman–Crippen MR) is 102 cm³/mol. The first kappa shape index (κ1) is 24.9. The molecule has 0 spiro atoms. The molecule has 7 N–H and O–H groups in total. The zero-order valence-electron chi connectivity index (χ0n) is 16.9. The van der Waals surface area contributed by atoms with E-state index in [4.69, 9.17) is 18.9 Å². The van der Waals surface area contributed by atoms with Crippen LogP contribution in [0.2, 0.25) is 0 Å². The Kier molecular flexibility index (Phi) is 8.50. The summed E-state index contributed by atoms with van der Waals surface area (Å²) >= 11 is 0. The van der Waals surface area contributed by atoms with Crippen molar-refractivity contribution in [3.05, 3.63) is 35.9 Å². The minimum Gasteiger partial charge on any atom is -0.394 e. The van der Waals surface area contributed by atoms with Crippen molar-refractivity contribution in [2.24, 2.45) is 0 Å². The zero-order valence-corrected chi connectivity index (χ0v) is 16.9. The van der Waals surface area contributed by atoms with Crippen LogP contribution in [0.5, 0.6) is 0 Å². The molecule has 2 fully saturated rings. The highest BCUT2D eigenvalue weighted by Gasteiger charge is 2.48. The first-order valence-electron chi connectivity index (χ1n) is 10.00. The summed E-state index contributed by atoms with van der Waals surface area (Å²) < 4.78 is 21.6. The molecule has 12 nitrogen and oxygen atoms in total. The van der Waals surface area contributed by atoms with Crippen LogP contribution in [0.1, 0.15) is 11.7 Å². The van der Waals surface area contributed by atoms with Crippen LogP contribution in [0.15, 0.2) is 30.3 Å². The van der Waals surface area contributed by atoms with Gasteiger partial charge in [0.15, 0.2) is 18.7 Å². The van der Waals surface area contributed by atoms with Crippen molar-refractivity contribution in [2.45, 2.75) is 67.5 Å². The number of hydrogen-bond acceptors (Lipinski definition) is 12. The van der Waals surface area contributed by atoms with Gasteiger partial charge in [-0.15, -0.1) is 0 Å². The first-order chi connectivity index (χ1) is 15.3. The van der Waals surface area contributed by atoms with Crippen LogP contribution in [0, 0.1) is 11.3 Å². The quantitative estimate of drug-likeness (QED) is 0.218. The summed E-state index contributed by atoms with van der Waals surface area (Å²) in [6.07, 6.45) is -16.5. The van der Waals surface area contributed by atoms with Crippen molar-refractivity contribution in [2.75, 3.05) is 13.2 Å². The molecule has 0 saturated carbocycles. The van der Waals surface area contributed by atoms with E-state index >= 15 is 0 Å². The van der Waals surface area contributed by atoms with Gasteiger partial charge in [-0.3, -0.25) is 0 Å². The summed E-state index contributed by atoms with van der Waals surface area (Å²) in [6, 6.07) is 10.3. The molecule has 0 aromatic heterocycles. The molecule has 0 radical (unpaired) electrons. The van der Waals surface area contributed by atoms with Gasteiger partial charge in [-0.05, 0) is 5.56 Å². The van der Waals surface area contributed by atoms with Crippen molar-refractivity contribution in [1.29, 1.82) is 5.26 Å². The third-order valence-electron chi connectivity index (χ3n) is 5.43. The van der Waals surface area contributed by atoms with Gasteiger partial charge in [-0.1, -0.05) is 30.3 Å². The Morgan fingerprint density at radius 3 is 1.97 bits per heavy atom. The third-order valence-corrected chi connectivity index (χ3v) is 5.43. The topological polar surface area (TPSA) is 202 Å². The molecule has 0 bridgehead atoms. The summed E-state index contributed by atoms with van der Waals surface area (Å²) in [7, 11) is 0. The molecular formula is C20H27NO11. The van der Waals surface area contributed by atoms with E-state index in [0.717, 1.165) is 0 Å². The Morgan fingerprint density at radius 2 is 1.38 bits per heavy atom. The van der Waals surface area contributed by atoms with Crippen molar-refractivity contribution in [1.82, 2.24) is 0 Å². The van der Waals surface area contributed by atoms with Crippen LogP contribution in [0.3, 0.4) is 0 Å². The van der Waals surface area contributed by atoms with Crippen molar-refractivity contribution >= 4 is 0 Å². The Morgan fingerprint density at radius 1 is 0.812 bits per heavy atom. The fourth-order valence-electron chi connectivity index (χ4n) is 3.51. The molecular weight excluding hydrogens is 430 g/mol. The molecule has 0 unspecified atom stereocenters. The summed E-state index contributed by atoms with van der Waals surface area (Å²) in [5, 5.41) is 79.1. The molecule has 3 rings (SSSR count). The first-order valence-corrected chi connectivity index (χ1v) is 10.00. The van der Waals surface area contributed by atoms with Gasteiger partial charge in [0.25, 0.3) is 0 Å². The average Bonchev–Trinajstić information content (AvgIpc) is 2.81. The van der Waals surface area contributed by atoms with E-state index in [1.54, 1.807) is 30.3 Å². The summed E-state index contributed by atoms with van der Waals surface area (Å²) in [5.41, 5.74) is 0.487. The van der Waals surface area contributed by atoms with Gasteiger partial charge < -0.3 is 54.7 Å². The maximum atomic E-state index is 10.3. The van der Waals surface area contributed by atoms with Crippen LogP contribution in [-0.4, -0.2) is 110 Å². The second-order valence-corrected chi connectivity index (χ2v) is 7.60. The second-order valence-electron chi connectivity index (χ2n) is 7.60. The van der Waals surface area contributed by atoms with Crippen LogP contribution in [0.4, 0.5) is 0 Å². The van der Waals surface area contributed by atoms with E-state index in [-0.39, 0.29) is 0 Å². The molecule has 178 valence electrons. The van der Waals surface area contributed by atoms with Crippen LogP contribution >= 0.6 is 0 Å². The number of benzene rings is 1. The fourth-order valence-corrected chi connectivity index (χ4v) is 3.51. The fraction of sp³-hybridized carbons (Fsp3) is 0.650. The van der Waals surface area contributed by atoms with E-state index in [9.17, 15) is 41.0 Å². The van der Waals surface area contributed by atoms with Gasteiger partial charge in [-0.25, -0.2) is 0 Å². The number of rotatable bonds is 7. The monoisotopic (exact) mass is 457 g/mol. The van der Waals surface area contributed by atoms with E-state index in [1.807, 2.05) is 6.07 Å². The van der Waals surface area contributed by atoms with Gasteiger partial charge in [0.2, 0.25) is 0 Å². The molecule has 2 aliphatic heterocycles. The molecule has 32 heavy (non-hydrogen) atoms. The van der Waals surface area contributed by atoms with Crippen LogP contribution in [0.25, 0.3) is 0 Å². The van der Waals surface area contributed by atoms with E-state index in [1.165, 1.54) is 0 Å². The van der Waals surface area contributed by atoms with Crippen molar-refractivity contribution in [3.8, 4) is 6.07 Å². The van der Waals surface area contributed by atoms with Crippen LogP contribution < -0.4 is 0 Å². The lowest BCUT2D eigenvalue weighted by Gasteiger charge is -2.43. The summed E-state index contributed by atoms with van der Waals surface area (Å²) in [5.74, 6) is 0. The molecule has 12 heteroatoms. The number of hydrogen-bond donors (Lipinski definition) is 7. The molecule has 1 aromatic carbocycles. The Labute approximate surface area is 183 Å². The van der Waals surface area contributed by atoms with Crippen molar-refractivity contribution in [3.63, 3.8) is 0 Å². The molecule has 0 amide bonds. The van der Waals surface area contributed by atoms with Crippen molar-refractivity contribution < 1.29 is 54.7 Å². The molecule has 2 aliphatic rings. The van der Waals surface area contributed by atoms with Gasteiger partial charge in [0.1, 0.15) is 48.8 Å². The SMILES string of the molecule is N#C[C@@H](O[C@@H]1O[C@H](CO[C@@H]2O[C@H](CO)[C@@H](O)[C@H](O)[C@H]2O)[C@@H](O)[C@H](O)[C@H]1O)c1ccccc1. The number of aliphatic hydroxyl groups excluding tert-OH is 7. The Hall–Kier alpha value is -1.73. The van der Waals surface area contributed by atoms with E-state index < -0.39 is 80.7 Å². The smallest absolute Gasteiger partial charge is 0.188 e. The highest BCUT2D eigenvalue weighted by molar-refractivity contribution is 5.22. The number of ether oxygens (including phenoxy) is 4. The standard InChI is InChI=1S/C20H27NO11/c21-6-10(9-4-2-1-3-5-9)30-20-18(28)16(26)14(24)12(32-20)8-29-19-17(27)15(25)13(23)11(7-22)31-19/h1-5,10-20,22-28H,7-8H2/t10-,11-,12-,13-,14-,15+,16+,17-,18-,19-,20-/m1/s1. The molecule has 1 aromatic rings. The van der Waals surface area contributed by atoms with E-state index in [0.29, 0.717) is 5.56 Å². The maximum Gasteiger partial charge on any atom is 0.188 e. The largest absolute Gasteiger partial charge is 0.394 e. The highest BCUT2D eigenvalue weighted by atomic mass is 16.7. The lowest BCUT2D eigenvalue weighted by molar-refractivity contribution is -0.334. The molecule has 2 saturated heterocycles. The van der Waals surface area contributed by atoms with Crippen LogP contribution in [-0.2, 0) is 18.9 Å². The van der Waals surface area contributed by atoms with E-state index in [2.05, 4.69) is 0 Å². The number of nitriles is 1. The molecule has 2 heterocycles. The Balaban J connectivity index is 1.65. The Bertz CT molecular complexity index is 760. The summed E-state index contributed by atoms with van der Waals surface area (Å²) in [6.45, 7) is -1.14. The zero-order chi connectivity index (χ0) is 23.4. The number of aliphatic hydroxyl groups is 7. The minimum atomic E-state index is -1.70. The van der Waals surface area contributed by atoms with Gasteiger partial charge >= 0.3 is 0 Å². The lowest BCUT2D eigenvalue weighted by Crippen LogP contribution is -2.61. The normalized spacial score (nSPS) is 41.1. The van der Waals surface area contributed by atoms with Gasteiger partial charge in [-0.2, -0.15) is 5.26 Å². The summed E-state index contributed by atoms with van der Waals surface area (Å²) in [4.78, 5) is 0. The third kappa shape index (κ3) is 5.25. The lowest BCUT2D eigenvalue weighted by atomic mass is 9.98. The highest BCUT2D eigenvalue weighted by Crippen LogP contribution is 2.28. The second kappa shape index (κ2) is 10.9. The van der Waals surface area contributed by atoms with Gasteiger partial charge in [0.05, 0.1) is 19.3 Å². The maximum absolute atomic E-state index is 10.3. The number of nitrogens with zero attached hydrogens (tertiary/aromatic N) is 1. The van der Waals surface area contributed by atoms with Gasteiger partial charge in [0, 0.05) is 0 Å².